The third-order valence-electron chi connectivity index (χ3n) is 4.75. The summed E-state index contributed by atoms with van der Waals surface area (Å²) in [5.41, 5.74) is 2.64. The summed E-state index contributed by atoms with van der Waals surface area (Å²) in [5.74, 6) is 0.115. The van der Waals surface area contributed by atoms with E-state index in [9.17, 15) is 9.59 Å². The maximum Gasteiger partial charge on any atom is 0.247 e. The molecule has 1 unspecified atom stereocenters. The first-order chi connectivity index (χ1) is 14.3. The van der Waals surface area contributed by atoms with Crippen molar-refractivity contribution in [2.75, 3.05) is 5.32 Å². The molecule has 0 saturated carbocycles. The molecule has 3 rings (SSSR count). The highest BCUT2D eigenvalue weighted by atomic mass is 16.5. The summed E-state index contributed by atoms with van der Waals surface area (Å²) >= 11 is 0. The predicted octanol–water partition coefficient (Wildman–Crippen LogP) is 4.28. The van der Waals surface area contributed by atoms with Crippen LogP contribution in [0.2, 0.25) is 0 Å². The number of fused-ring (bicyclic) bond motifs is 1. The standard InChI is InChI=1S/C24H29N3O3/c1-15(2)23(28)27-22(13-17-14-25-21-8-6-5-7-20(17)21)24(29)26-18-9-11-19(12-10-18)30-16(3)4/h5-12,14-16,22,25H,13H2,1-4H3,(H,26,29)(H,27,28). The second-order valence-electron chi connectivity index (χ2n) is 7.96. The number of carbonyl (C=O) groups excluding carboxylic acids is 2. The smallest absolute Gasteiger partial charge is 0.247 e. The van der Waals surface area contributed by atoms with E-state index in [1.807, 2.05) is 70.3 Å². The minimum absolute atomic E-state index is 0.0808. The Morgan fingerprint density at radius 1 is 0.967 bits per heavy atom. The average molecular weight is 408 g/mol. The van der Waals surface area contributed by atoms with Gasteiger partial charge in [0.05, 0.1) is 6.10 Å². The van der Waals surface area contributed by atoms with E-state index in [4.69, 9.17) is 4.74 Å². The molecule has 0 aliphatic heterocycles. The Hall–Kier alpha value is -3.28. The SMILES string of the molecule is CC(C)Oc1ccc(NC(=O)C(Cc2c[nH]c3ccccc23)NC(=O)C(C)C)cc1. The van der Waals surface area contributed by atoms with Gasteiger partial charge in [-0.05, 0) is 49.7 Å². The highest BCUT2D eigenvalue weighted by Crippen LogP contribution is 2.21. The van der Waals surface area contributed by atoms with Crippen LogP contribution in [0.25, 0.3) is 10.9 Å². The molecule has 0 spiro atoms. The number of carbonyl (C=O) groups is 2. The number of ether oxygens (including phenoxy) is 1. The first kappa shape index (κ1) is 21.4. The van der Waals surface area contributed by atoms with E-state index >= 15 is 0 Å². The Labute approximate surface area is 177 Å². The van der Waals surface area contributed by atoms with Crippen molar-refractivity contribution in [3.63, 3.8) is 0 Å². The predicted molar refractivity (Wildman–Crippen MR) is 120 cm³/mol. The third-order valence-corrected chi connectivity index (χ3v) is 4.75. The van der Waals surface area contributed by atoms with E-state index in [1.54, 1.807) is 12.1 Å². The van der Waals surface area contributed by atoms with Crippen LogP contribution in [0.5, 0.6) is 5.75 Å². The number of nitrogens with one attached hydrogen (secondary N) is 3. The topological polar surface area (TPSA) is 83.2 Å². The zero-order chi connectivity index (χ0) is 21.7. The van der Waals surface area contributed by atoms with Crippen molar-refractivity contribution < 1.29 is 14.3 Å². The summed E-state index contributed by atoms with van der Waals surface area (Å²) in [7, 11) is 0. The highest BCUT2D eigenvalue weighted by Gasteiger charge is 2.24. The van der Waals surface area contributed by atoms with Crippen molar-refractivity contribution in [1.29, 1.82) is 0 Å². The lowest BCUT2D eigenvalue weighted by Crippen LogP contribution is -2.46. The Kier molecular flexibility index (Phi) is 6.77. The summed E-state index contributed by atoms with van der Waals surface area (Å²) in [6.45, 7) is 7.54. The van der Waals surface area contributed by atoms with Crippen LogP contribution in [0.15, 0.2) is 54.7 Å². The molecule has 1 aromatic heterocycles. The summed E-state index contributed by atoms with van der Waals surface area (Å²) in [5, 5.41) is 6.84. The van der Waals surface area contributed by atoms with Gasteiger partial charge in [0.25, 0.3) is 0 Å². The van der Waals surface area contributed by atoms with Gasteiger partial charge in [0.2, 0.25) is 11.8 Å². The summed E-state index contributed by atoms with van der Waals surface area (Å²) < 4.78 is 5.64. The molecule has 0 fully saturated rings. The molecule has 30 heavy (non-hydrogen) atoms. The molecule has 0 saturated heterocycles. The fraction of sp³-hybridized carbons (Fsp3) is 0.333. The minimum atomic E-state index is -0.689. The molecule has 6 heteroatoms. The number of rotatable bonds is 8. The number of benzene rings is 2. The number of hydrogen-bond acceptors (Lipinski definition) is 3. The molecular formula is C24H29N3O3. The van der Waals surface area contributed by atoms with Gasteiger partial charge in [-0.2, -0.15) is 0 Å². The van der Waals surface area contributed by atoms with Crippen LogP contribution in [-0.2, 0) is 16.0 Å². The van der Waals surface area contributed by atoms with Crippen molar-refractivity contribution in [3.8, 4) is 5.75 Å². The number of H-pyrrole nitrogens is 1. The van der Waals surface area contributed by atoms with Crippen LogP contribution in [0.1, 0.15) is 33.3 Å². The first-order valence-electron chi connectivity index (χ1n) is 10.3. The van der Waals surface area contributed by atoms with Crippen molar-refractivity contribution >= 4 is 28.4 Å². The normalized spacial score (nSPS) is 12.2. The molecular weight excluding hydrogens is 378 g/mol. The fourth-order valence-electron chi connectivity index (χ4n) is 3.19. The van der Waals surface area contributed by atoms with E-state index in [-0.39, 0.29) is 23.8 Å². The molecule has 158 valence electrons. The van der Waals surface area contributed by atoms with Crippen LogP contribution in [-0.4, -0.2) is 28.9 Å². The fourth-order valence-corrected chi connectivity index (χ4v) is 3.19. The van der Waals surface area contributed by atoms with Crippen LogP contribution in [0, 0.1) is 5.92 Å². The molecule has 0 aliphatic rings. The molecule has 6 nitrogen and oxygen atoms in total. The Bertz CT molecular complexity index is 1010. The van der Waals surface area contributed by atoms with Crippen molar-refractivity contribution in [3.05, 3.63) is 60.3 Å². The Morgan fingerprint density at radius 3 is 2.33 bits per heavy atom. The summed E-state index contributed by atoms with van der Waals surface area (Å²) in [6, 6.07) is 14.4. The highest BCUT2D eigenvalue weighted by molar-refractivity contribution is 5.98. The summed E-state index contributed by atoms with van der Waals surface area (Å²) in [4.78, 5) is 28.6. The molecule has 0 radical (unpaired) electrons. The second-order valence-corrected chi connectivity index (χ2v) is 7.96. The van der Waals surface area contributed by atoms with Crippen LogP contribution in [0.4, 0.5) is 5.69 Å². The Morgan fingerprint density at radius 2 is 1.67 bits per heavy atom. The largest absolute Gasteiger partial charge is 0.491 e. The molecule has 0 bridgehead atoms. The van der Waals surface area contributed by atoms with Crippen molar-refractivity contribution in [2.24, 2.45) is 5.92 Å². The maximum atomic E-state index is 13.0. The second kappa shape index (κ2) is 9.48. The zero-order valence-electron chi connectivity index (χ0n) is 17.9. The number of aromatic amines is 1. The number of aromatic nitrogens is 1. The molecule has 3 N–H and O–H groups in total. The molecule has 2 aromatic carbocycles. The number of amides is 2. The van der Waals surface area contributed by atoms with Crippen LogP contribution >= 0.6 is 0 Å². The van der Waals surface area contributed by atoms with Gasteiger partial charge in [0, 0.05) is 35.1 Å². The molecule has 1 atom stereocenters. The van der Waals surface area contributed by atoms with Gasteiger partial charge in [-0.25, -0.2) is 0 Å². The van der Waals surface area contributed by atoms with Gasteiger partial charge >= 0.3 is 0 Å². The molecule has 1 heterocycles. The lowest BCUT2D eigenvalue weighted by atomic mass is 10.0. The van der Waals surface area contributed by atoms with Gasteiger partial charge in [-0.3, -0.25) is 9.59 Å². The van der Waals surface area contributed by atoms with E-state index in [2.05, 4.69) is 15.6 Å². The van der Waals surface area contributed by atoms with Crippen molar-refractivity contribution in [2.45, 2.75) is 46.3 Å². The lowest BCUT2D eigenvalue weighted by molar-refractivity contribution is -0.128. The Balaban J connectivity index is 1.77. The number of para-hydroxylation sites is 1. The monoisotopic (exact) mass is 407 g/mol. The van der Waals surface area contributed by atoms with Gasteiger partial charge in [0.1, 0.15) is 11.8 Å². The maximum absolute atomic E-state index is 13.0. The average Bonchev–Trinajstić information content (AvgIpc) is 3.11. The quantitative estimate of drug-likeness (QED) is 0.521. The molecule has 3 aromatic rings. The lowest BCUT2D eigenvalue weighted by Gasteiger charge is -2.20. The van der Waals surface area contributed by atoms with Gasteiger partial charge in [0.15, 0.2) is 0 Å². The zero-order valence-corrected chi connectivity index (χ0v) is 17.9. The summed E-state index contributed by atoms with van der Waals surface area (Å²) in [6.07, 6.45) is 2.37. The first-order valence-corrected chi connectivity index (χ1v) is 10.3. The van der Waals surface area contributed by atoms with Crippen LogP contribution < -0.4 is 15.4 Å². The molecule has 0 aliphatic carbocycles. The van der Waals surface area contributed by atoms with Gasteiger partial charge < -0.3 is 20.4 Å². The van der Waals surface area contributed by atoms with Crippen molar-refractivity contribution in [1.82, 2.24) is 10.3 Å². The van der Waals surface area contributed by atoms with E-state index in [1.165, 1.54) is 0 Å². The van der Waals surface area contributed by atoms with E-state index < -0.39 is 6.04 Å². The third kappa shape index (κ3) is 5.41. The van der Waals surface area contributed by atoms with Gasteiger partial charge in [-0.1, -0.05) is 32.0 Å². The van der Waals surface area contributed by atoms with E-state index in [0.717, 1.165) is 22.2 Å². The van der Waals surface area contributed by atoms with E-state index in [0.29, 0.717) is 12.1 Å². The number of anilines is 1. The van der Waals surface area contributed by atoms with Crippen LogP contribution in [0.3, 0.4) is 0 Å². The van der Waals surface area contributed by atoms with Gasteiger partial charge in [-0.15, -0.1) is 0 Å². The molecule has 2 amide bonds. The minimum Gasteiger partial charge on any atom is -0.491 e. The number of hydrogen-bond donors (Lipinski definition) is 3.